The van der Waals surface area contributed by atoms with Crippen molar-refractivity contribution < 1.29 is 4.79 Å². The van der Waals surface area contributed by atoms with E-state index < -0.39 is 0 Å². The van der Waals surface area contributed by atoms with Crippen molar-refractivity contribution in [2.45, 2.75) is 39.3 Å². The van der Waals surface area contributed by atoms with Gasteiger partial charge < -0.3 is 10.6 Å². The van der Waals surface area contributed by atoms with Crippen molar-refractivity contribution in [3.05, 3.63) is 16.1 Å². The molecule has 0 bridgehead atoms. The number of piperidine rings is 1. The number of rotatable bonds is 3. The predicted octanol–water partition coefficient (Wildman–Crippen LogP) is 1.88. The van der Waals surface area contributed by atoms with Gasteiger partial charge in [0.25, 0.3) is 0 Å². The van der Waals surface area contributed by atoms with Gasteiger partial charge in [0.05, 0.1) is 12.6 Å². The van der Waals surface area contributed by atoms with Crippen LogP contribution in [0, 0.1) is 12.8 Å². The summed E-state index contributed by atoms with van der Waals surface area (Å²) in [5.74, 6) is 0.735. The van der Waals surface area contributed by atoms with E-state index in [2.05, 4.69) is 22.5 Å². The zero-order chi connectivity index (χ0) is 12.3. The zero-order valence-electron chi connectivity index (χ0n) is 10.7. The molecule has 0 aromatic carbocycles. The Balaban J connectivity index is 0.00000162. The molecule has 2 rings (SSSR count). The van der Waals surface area contributed by atoms with Crippen molar-refractivity contribution in [1.29, 1.82) is 0 Å². The number of aromatic nitrogens is 1. The highest BCUT2D eigenvalue weighted by Gasteiger charge is 2.24. The Kier molecular flexibility index (Phi) is 6.05. The van der Waals surface area contributed by atoms with Gasteiger partial charge in [0, 0.05) is 11.1 Å². The van der Waals surface area contributed by atoms with E-state index in [9.17, 15) is 4.79 Å². The molecule has 2 unspecified atom stereocenters. The van der Waals surface area contributed by atoms with Crippen LogP contribution in [0.25, 0.3) is 0 Å². The van der Waals surface area contributed by atoms with Gasteiger partial charge in [-0.2, -0.15) is 0 Å². The van der Waals surface area contributed by atoms with Crippen LogP contribution in [0.5, 0.6) is 0 Å². The second kappa shape index (κ2) is 7.07. The number of carbonyl (C=O) groups excluding carboxylic acids is 1. The summed E-state index contributed by atoms with van der Waals surface area (Å²) in [4.78, 5) is 16.3. The summed E-state index contributed by atoms with van der Waals surface area (Å²) in [6.07, 6.45) is 2.10. The number of amides is 1. The standard InChI is InChI=1S/C12H19N3OS.ClH/c1-8-3-4-13-10(5-8)12(16)14-6-11-15-9(2)7-17-11;/h7-8,10,13H,3-6H2,1-2H3,(H,14,16);1H. The van der Waals surface area contributed by atoms with Gasteiger partial charge in [0.1, 0.15) is 5.01 Å². The minimum absolute atomic E-state index is 0. The molecule has 1 aliphatic heterocycles. The molecule has 0 aliphatic carbocycles. The fourth-order valence-corrected chi connectivity index (χ4v) is 2.79. The van der Waals surface area contributed by atoms with Gasteiger partial charge in [-0.05, 0) is 32.2 Å². The Bertz CT molecular complexity index is 396. The van der Waals surface area contributed by atoms with Crippen molar-refractivity contribution in [3.8, 4) is 0 Å². The van der Waals surface area contributed by atoms with E-state index in [4.69, 9.17) is 0 Å². The second-order valence-corrected chi connectivity index (χ2v) is 5.68. The van der Waals surface area contributed by atoms with Crippen molar-refractivity contribution in [3.63, 3.8) is 0 Å². The van der Waals surface area contributed by atoms with Crippen LogP contribution in [0.15, 0.2) is 5.38 Å². The van der Waals surface area contributed by atoms with Gasteiger partial charge in [-0.15, -0.1) is 23.7 Å². The van der Waals surface area contributed by atoms with Gasteiger partial charge in [-0.1, -0.05) is 6.92 Å². The molecule has 1 aromatic rings. The normalized spacial score (nSPS) is 23.2. The van der Waals surface area contributed by atoms with Crippen molar-refractivity contribution in [1.82, 2.24) is 15.6 Å². The summed E-state index contributed by atoms with van der Waals surface area (Å²) < 4.78 is 0. The number of halogens is 1. The molecule has 0 saturated carbocycles. The maximum atomic E-state index is 11.9. The van der Waals surface area contributed by atoms with Crippen LogP contribution in [0.1, 0.15) is 30.5 Å². The largest absolute Gasteiger partial charge is 0.348 e. The van der Waals surface area contributed by atoms with Crippen molar-refractivity contribution in [2.75, 3.05) is 6.54 Å². The van der Waals surface area contributed by atoms with Crippen LogP contribution in [0.3, 0.4) is 0 Å². The molecule has 4 nitrogen and oxygen atoms in total. The molecule has 102 valence electrons. The minimum Gasteiger partial charge on any atom is -0.348 e. The molecule has 2 N–H and O–H groups in total. The molecule has 18 heavy (non-hydrogen) atoms. The quantitative estimate of drug-likeness (QED) is 0.893. The van der Waals surface area contributed by atoms with Gasteiger partial charge in [0.2, 0.25) is 5.91 Å². The summed E-state index contributed by atoms with van der Waals surface area (Å²) in [7, 11) is 0. The van der Waals surface area contributed by atoms with Gasteiger partial charge in [0.15, 0.2) is 0 Å². The van der Waals surface area contributed by atoms with Crippen LogP contribution in [-0.2, 0) is 11.3 Å². The molecule has 6 heteroatoms. The Labute approximate surface area is 118 Å². The highest BCUT2D eigenvalue weighted by Crippen LogP contribution is 2.15. The first-order valence-electron chi connectivity index (χ1n) is 6.07. The molecule has 1 fully saturated rings. The second-order valence-electron chi connectivity index (χ2n) is 4.74. The first-order chi connectivity index (χ1) is 8.15. The third-order valence-electron chi connectivity index (χ3n) is 3.06. The molecule has 0 spiro atoms. The summed E-state index contributed by atoms with van der Waals surface area (Å²) in [6, 6.07) is -0.0280. The van der Waals surface area contributed by atoms with E-state index in [-0.39, 0.29) is 24.4 Å². The molecule has 1 aromatic heterocycles. The van der Waals surface area contributed by atoms with Crippen LogP contribution in [0.2, 0.25) is 0 Å². The lowest BCUT2D eigenvalue weighted by molar-refractivity contribution is -0.124. The number of nitrogens with one attached hydrogen (secondary N) is 2. The lowest BCUT2D eigenvalue weighted by Crippen LogP contribution is -2.48. The minimum atomic E-state index is -0.0280. The first-order valence-corrected chi connectivity index (χ1v) is 6.95. The van der Waals surface area contributed by atoms with E-state index in [1.807, 2.05) is 12.3 Å². The SMILES string of the molecule is Cc1csc(CNC(=O)C2CC(C)CCN2)n1.Cl. The third kappa shape index (κ3) is 4.23. The van der Waals surface area contributed by atoms with E-state index in [0.717, 1.165) is 30.1 Å². The molecule has 1 aliphatic rings. The Morgan fingerprint density at radius 3 is 3.06 bits per heavy atom. The maximum absolute atomic E-state index is 11.9. The summed E-state index contributed by atoms with van der Waals surface area (Å²) >= 11 is 1.59. The highest BCUT2D eigenvalue weighted by molar-refractivity contribution is 7.09. The van der Waals surface area contributed by atoms with E-state index >= 15 is 0 Å². The van der Waals surface area contributed by atoms with E-state index in [0.29, 0.717) is 12.5 Å². The van der Waals surface area contributed by atoms with E-state index in [1.165, 1.54) is 0 Å². The topological polar surface area (TPSA) is 54.0 Å². The Hall–Kier alpha value is -0.650. The van der Waals surface area contributed by atoms with Crippen molar-refractivity contribution >= 4 is 29.7 Å². The lowest BCUT2D eigenvalue weighted by atomic mass is 9.94. The van der Waals surface area contributed by atoms with Gasteiger partial charge >= 0.3 is 0 Å². The fraction of sp³-hybridized carbons (Fsp3) is 0.667. The average Bonchev–Trinajstić information content (AvgIpc) is 2.72. The molecular weight excluding hydrogens is 270 g/mol. The summed E-state index contributed by atoms with van der Waals surface area (Å²) in [5, 5.41) is 9.19. The predicted molar refractivity (Wildman–Crippen MR) is 76.1 cm³/mol. The number of carbonyl (C=O) groups is 1. The molecule has 0 radical (unpaired) electrons. The van der Waals surface area contributed by atoms with Gasteiger partial charge in [-0.25, -0.2) is 4.98 Å². The number of hydrogen-bond donors (Lipinski definition) is 2. The van der Waals surface area contributed by atoms with E-state index in [1.54, 1.807) is 11.3 Å². The summed E-state index contributed by atoms with van der Waals surface area (Å²) in [5.41, 5.74) is 1.02. The molecule has 1 amide bonds. The van der Waals surface area contributed by atoms with Gasteiger partial charge in [-0.3, -0.25) is 4.79 Å². The number of nitrogens with zero attached hydrogens (tertiary/aromatic N) is 1. The first kappa shape index (κ1) is 15.4. The van der Waals surface area contributed by atoms with Crippen molar-refractivity contribution in [2.24, 2.45) is 5.92 Å². The number of aryl methyl sites for hydroxylation is 1. The van der Waals surface area contributed by atoms with Crippen LogP contribution < -0.4 is 10.6 Å². The number of hydrogen-bond acceptors (Lipinski definition) is 4. The van der Waals surface area contributed by atoms with Crippen LogP contribution >= 0.6 is 23.7 Å². The molecule has 2 atom stereocenters. The maximum Gasteiger partial charge on any atom is 0.237 e. The third-order valence-corrected chi connectivity index (χ3v) is 4.03. The monoisotopic (exact) mass is 289 g/mol. The molecule has 1 saturated heterocycles. The lowest BCUT2D eigenvalue weighted by Gasteiger charge is -2.27. The van der Waals surface area contributed by atoms with Crippen LogP contribution in [-0.4, -0.2) is 23.5 Å². The zero-order valence-corrected chi connectivity index (χ0v) is 12.4. The summed E-state index contributed by atoms with van der Waals surface area (Å²) in [6.45, 7) is 5.65. The smallest absolute Gasteiger partial charge is 0.237 e. The average molecular weight is 290 g/mol. The molecule has 2 heterocycles. The Morgan fingerprint density at radius 1 is 1.67 bits per heavy atom. The number of thiazole rings is 1. The fourth-order valence-electron chi connectivity index (χ4n) is 2.08. The Morgan fingerprint density at radius 2 is 2.44 bits per heavy atom. The van der Waals surface area contributed by atoms with Crippen LogP contribution in [0.4, 0.5) is 0 Å². The molecular formula is C12H20ClN3OS. The highest BCUT2D eigenvalue weighted by atomic mass is 35.5.